The summed E-state index contributed by atoms with van der Waals surface area (Å²) >= 11 is 6.72. The highest BCUT2D eigenvalue weighted by Gasteiger charge is 2.67. The van der Waals surface area contributed by atoms with Gasteiger partial charge in [0.25, 0.3) is 11.8 Å². The van der Waals surface area contributed by atoms with Gasteiger partial charge in [-0.2, -0.15) is 13.2 Å². The van der Waals surface area contributed by atoms with E-state index in [1.807, 2.05) is 0 Å². The maximum atomic E-state index is 13.5. The fourth-order valence-corrected chi connectivity index (χ4v) is 3.36. The van der Waals surface area contributed by atoms with Crippen LogP contribution in [0.3, 0.4) is 0 Å². The molecule has 1 saturated heterocycles. The molecule has 1 fully saturated rings. The van der Waals surface area contributed by atoms with Gasteiger partial charge in [-0.15, -0.1) is 0 Å². The van der Waals surface area contributed by atoms with E-state index in [4.69, 9.17) is 11.6 Å². The number of hydrogen-bond donors (Lipinski definition) is 1. The number of halogens is 4. The highest BCUT2D eigenvalue weighted by Crippen LogP contribution is 2.41. The lowest BCUT2D eigenvalue weighted by Gasteiger charge is -2.28. The lowest BCUT2D eigenvalue weighted by atomic mass is 10.1. The van der Waals surface area contributed by atoms with Crippen LogP contribution in [0.4, 0.5) is 13.2 Å². The van der Waals surface area contributed by atoms with Crippen molar-refractivity contribution in [3.8, 4) is 0 Å². The van der Waals surface area contributed by atoms with Gasteiger partial charge in [0.2, 0.25) is 0 Å². The van der Waals surface area contributed by atoms with E-state index in [0.29, 0.717) is 10.8 Å². The van der Waals surface area contributed by atoms with E-state index in [0.717, 1.165) is 16.7 Å². The van der Waals surface area contributed by atoms with Crippen LogP contribution < -0.4 is 5.32 Å². The molecule has 2 aliphatic rings. The maximum Gasteiger partial charge on any atom is 0.442 e. The molecule has 0 aliphatic carbocycles. The van der Waals surface area contributed by atoms with E-state index < -0.39 is 23.7 Å². The molecule has 0 aromatic heterocycles. The van der Waals surface area contributed by atoms with Gasteiger partial charge in [0.05, 0.1) is 0 Å². The summed E-state index contributed by atoms with van der Waals surface area (Å²) in [6, 6.07) is 5.27. The number of amidine groups is 1. The van der Waals surface area contributed by atoms with Crippen molar-refractivity contribution in [2.24, 2.45) is 4.99 Å². The molecule has 1 atom stereocenters. The van der Waals surface area contributed by atoms with Gasteiger partial charge in [-0.1, -0.05) is 23.4 Å². The molecule has 0 unspecified atom stereocenters. The Labute approximate surface area is 137 Å². The fourth-order valence-electron chi connectivity index (χ4n) is 2.24. The molecule has 23 heavy (non-hydrogen) atoms. The topological polar surface area (TPSA) is 61.8 Å². The Kier molecular flexibility index (Phi) is 3.80. The average molecular weight is 364 g/mol. The molecule has 2 amide bonds. The van der Waals surface area contributed by atoms with Gasteiger partial charge in [0.15, 0.2) is 5.17 Å². The number of nitrogens with one attached hydrogen (secondary N) is 1. The zero-order valence-corrected chi connectivity index (χ0v) is 12.9. The second kappa shape index (κ2) is 5.41. The Bertz CT molecular complexity index is 707. The fraction of sp³-hybridized carbons (Fsp3) is 0.308. The van der Waals surface area contributed by atoms with Crippen molar-refractivity contribution in [3.63, 3.8) is 0 Å². The van der Waals surface area contributed by atoms with Gasteiger partial charge in [-0.25, -0.2) is 4.99 Å². The molecule has 2 heterocycles. The van der Waals surface area contributed by atoms with E-state index in [9.17, 15) is 22.8 Å². The summed E-state index contributed by atoms with van der Waals surface area (Å²) in [6.45, 7) is 0.136. The number of carbonyl (C=O) groups is 2. The Morgan fingerprint density at radius 2 is 2.00 bits per heavy atom. The monoisotopic (exact) mass is 363 g/mol. The predicted octanol–water partition coefficient (Wildman–Crippen LogP) is 2.27. The van der Waals surface area contributed by atoms with Crippen molar-refractivity contribution in [2.75, 3.05) is 12.3 Å². The third-order valence-corrected chi connectivity index (χ3v) is 4.61. The number of aliphatic imine (C=N–C) groups is 1. The number of nitrogens with zero attached hydrogens (tertiary/aromatic N) is 2. The molecule has 10 heteroatoms. The molecule has 0 saturated carbocycles. The number of alkyl halides is 3. The highest BCUT2D eigenvalue weighted by atomic mass is 35.5. The molecule has 0 radical (unpaired) electrons. The van der Waals surface area contributed by atoms with Gasteiger partial charge in [-0.3, -0.25) is 14.5 Å². The van der Waals surface area contributed by atoms with Crippen LogP contribution in [0.1, 0.15) is 10.4 Å². The summed E-state index contributed by atoms with van der Waals surface area (Å²) in [7, 11) is 0. The van der Waals surface area contributed by atoms with E-state index in [1.165, 1.54) is 24.3 Å². The van der Waals surface area contributed by atoms with Crippen LogP contribution in [0.2, 0.25) is 5.02 Å². The van der Waals surface area contributed by atoms with Crippen LogP contribution in [0.25, 0.3) is 0 Å². The number of thioether (sulfide) groups is 1. The third-order valence-electron chi connectivity index (χ3n) is 3.41. The first kappa shape index (κ1) is 16.1. The molecule has 0 spiro atoms. The summed E-state index contributed by atoms with van der Waals surface area (Å²) in [6.07, 6.45) is -5.05. The number of hydrogen-bond acceptors (Lipinski definition) is 4. The van der Waals surface area contributed by atoms with E-state index in [2.05, 4.69) is 4.99 Å². The quantitative estimate of drug-likeness (QED) is 0.877. The van der Waals surface area contributed by atoms with Crippen LogP contribution in [-0.4, -0.2) is 46.0 Å². The lowest BCUT2D eigenvalue weighted by molar-refractivity contribution is -0.196. The average Bonchev–Trinajstić information content (AvgIpc) is 3.02. The lowest BCUT2D eigenvalue weighted by Crippen LogP contribution is -2.63. The zero-order valence-electron chi connectivity index (χ0n) is 11.4. The smallest absolute Gasteiger partial charge is 0.312 e. The van der Waals surface area contributed by atoms with Gasteiger partial charge >= 0.3 is 11.8 Å². The number of fused-ring (bicyclic) bond motifs is 1. The zero-order chi connectivity index (χ0) is 16.8. The van der Waals surface area contributed by atoms with Gasteiger partial charge in [0.1, 0.15) is 0 Å². The SMILES string of the molecule is O=C(N[C@]1(C(F)(F)F)N=C2SCCN2C1=O)c1ccc(Cl)cc1. The van der Waals surface area contributed by atoms with E-state index in [-0.39, 0.29) is 17.3 Å². The van der Waals surface area contributed by atoms with Crippen molar-refractivity contribution in [3.05, 3.63) is 34.9 Å². The van der Waals surface area contributed by atoms with Gasteiger partial charge in [0, 0.05) is 22.9 Å². The summed E-state index contributed by atoms with van der Waals surface area (Å²) < 4.78 is 40.5. The van der Waals surface area contributed by atoms with Gasteiger partial charge in [-0.05, 0) is 24.3 Å². The molecule has 1 aromatic carbocycles. The molecular weight excluding hydrogens is 355 g/mol. The predicted molar refractivity (Wildman–Crippen MR) is 79.3 cm³/mol. The number of benzene rings is 1. The summed E-state index contributed by atoms with van der Waals surface area (Å²) in [5, 5.41) is 2.06. The second-order valence-corrected chi connectivity index (χ2v) is 6.37. The first-order valence-corrected chi connectivity index (χ1v) is 7.80. The largest absolute Gasteiger partial charge is 0.442 e. The molecule has 122 valence electrons. The Morgan fingerprint density at radius 1 is 1.35 bits per heavy atom. The van der Waals surface area contributed by atoms with Crippen molar-refractivity contribution < 1.29 is 22.8 Å². The maximum absolute atomic E-state index is 13.5. The minimum atomic E-state index is -5.05. The Balaban J connectivity index is 1.96. The van der Waals surface area contributed by atoms with Crippen molar-refractivity contribution in [1.82, 2.24) is 10.2 Å². The molecule has 5 nitrogen and oxygen atoms in total. The molecule has 0 bridgehead atoms. The van der Waals surface area contributed by atoms with Crippen molar-refractivity contribution >= 4 is 40.3 Å². The van der Waals surface area contributed by atoms with Crippen LogP contribution in [0.15, 0.2) is 29.3 Å². The second-order valence-electron chi connectivity index (χ2n) is 4.87. The Hall–Kier alpha value is -1.74. The van der Waals surface area contributed by atoms with Crippen molar-refractivity contribution in [2.45, 2.75) is 11.8 Å². The summed E-state index contributed by atoms with van der Waals surface area (Å²) in [5.41, 5.74) is -3.32. The number of carbonyl (C=O) groups excluding carboxylic acids is 2. The van der Waals surface area contributed by atoms with Crippen LogP contribution in [0, 0.1) is 0 Å². The standard InChI is InChI=1S/C13H9ClF3N3O2S/c14-8-3-1-7(2-4-8)9(21)18-12(13(15,16)17)10(22)20-5-6-23-11(20)19-12/h1-4H,5-6H2,(H,18,21)/t12-/m0/s1. The van der Waals surface area contributed by atoms with Crippen LogP contribution >= 0.6 is 23.4 Å². The molecule has 3 rings (SSSR count). The van der Waals surface area contributed by atoms with E-state index in [1.54, 1.807) is 5.32 Å². The van der Waals surface area contributed by atoms with Gasteiger partial charge < -0.3 is 5.32 Å². The third kappa shape index (κ3) is 2.57. The van der Waals surface area contributed by atoms with Crippen molar-refractivity contribution in [1.29, 1.82) is 0 Å². The first-order valence-electron chi connectivity index (χ1n) is 6.44. The summed E-state index contributed by atoms with van der Waals surface area (Å²) in [5.74, 6) is -1.86. The molecule has 1 aromatic rings. The summed E-state index contributed by atoms with van der Waals surface area (Å²) in [4.78, 5) is 28.8. The highest BCUT2D eigenvalue weighted by molar-refractivity contribution is 8.14. The normalized spacial score (nSPS) is 23.7. The number of rotatable bonds is 2. The minimum Gasteiger partial charge on any atom is -0.312 e. The van der Waals surface area contributed by atoms with Crippen LogP contribution in [0.5, 0.6) is 0 Å². The molecule has 2 aliphatic heterocycles. The number of amides is 2. The Morgan fingerprint density at radius 3 is 2.57 bits per heavy atom. The first-order chi connectivity index (χ1) is 10.7. The molecule has 1 N–H and O–H groups in total. The molecular formula is C13H9ClF3N3O2S. The van der Waals surface area contributed by atoms with Crippen LogP contribution in [-0.2, 0) is 4.79 Å². The van der Waals surface area contributed by atoms with E-state index >= 15 is 0 Å². The minimum absolute atomic E-state index is 0.0243.